The van der Waals surface area contributed by atoms with Gasteiger partial charge >= 0.3 is 0 Å². The van der Waals surface area contributed by atoms with Gasteiger partial charge in [-0.05, 0) is 48.7 Å². The highest BCUT2D eigenvalue weighted by atomic mass is 32.1. The van der Waals surface area contributed by atoms with Gasteiger partial charge in [-0.2, -0.15) is 0 Å². The maximum absolute atomic E-state index is 12.9. The third-order valence-corrected chi connectivity index (χ3v) is 5.23. The van der Waals surface area contributed by atoms with Crippen molar-refractivity contribution in [2.75, 3.05) is 26.8 Å². The third kappa shape index (κ3) is 3.73. The van der Waals surface area contributed by atoms with Crippen molar-refractivity contribution in [3.8, 4) is 0 Å². The number of fused-ring (bicyclic) bond motifs is 1. The molecule has 1 aliphatic rings. The van der Waals surface area contributed by atoms with E-state index in [1.807, 2.05) is 4.90 Å². The lowest BCUT2D eigenvalue weighted by Crippen LogP contribution is -2.42. The summed E-state index contributed by atoms with van der Waals surface area (Å²) in [5, 5.41) is 0.520. The predicted octanol–water partition coefficient (Wildman–Crippen LogP) is 2.82. The zero-order valence-corrected chi connectivity index (χ0v) is 16.3. The first kappa shape index (κ1) is 18.8. The first-order valence-electron chi connectivity index (χ1n) is 8.95. The summed E-state index contributed by atoms with van der Waals surface area (Å²) in [7, 11) is 1.58. The van der Waals surface area contributed by atoms with Crippen molar-refractivity contribution >= 4 is 29.0 Å². The van der Waals surface area contributed by atoms with Gasteiger partial charge in [-0.25, -0.2) is 0 Å². The summed E-state index contributed by atoms with van der Waals surface area (Å²) >= 11 is 5.30. The van der Waals surface area contributed by atoms with Crippen molar-refractivity contribution in [2.45, 2.75) is 26.8 Å². The topological polar surface area (TPSA) is 67.3 Å². The molecule has 1 saturated heterocycles. The molecule has 6 nitrogen and oxygen atoms in total. The van der Waals surface area contributed by atoms with Gasteiger partial charge < -0.3 is 14.6 Å². The molecule has 0 aliphatic carbocycles. The average Bonchev–Trinajstić information content (AvgIpc) is 2.59. The van der Waals surface area contributed by atoms with Crippen LogP contribution in [-0.2, 0) is 11.3 Å². The maximum Gasteiger partial charge on any atom is 0.262 e. The number of nitrogens with one attached hydrogen (secondary N) is 1. The molecule has 0 unspecified atom stereocenters. The number of carbonyl (C=O) groups excluding carboxylic acids is 1. The number of aromatic amines is 1. The van der Waals surface area contributed by atoms with Gasteiger partial charge in [0, 0.05) is 25.8 Å². The van der Waals surface area contributed by atoms with Gasteiger partial charge in [0.25, 0.3) is 11.5 Å². The number of piperidine rings is 1. The second-order valence-electron chi connectivity index (χ2n) is 7.30. The minimum absolute atomic E-state index is 0.00757. The van der Waals surface area contributed by atoms with Gasteiger partial charge in [-0.15, -0.1) is 0 Å². The summed E-state index contributed by atoms with van der Waals surface area (Å²) in [6, 6.07) is 5.17. The van der Waals surface area contributed by atoms with Crippen molar-refractivity contribution in [2.24, 2.45) is 11.8 Å². The van der Waals surface area contributed by atoms with Crippen LogP contribution in [0.3, 0.4) is 0 Å². The van der Waals surface area contributed by atoms with Crippen molar-refractivity contribution in [3.63, 3.8) is 0 Å². The van der Waals surface area contributed by atoms with Crippen LogP contribution < -0.4 is 5.56 Å². The summed E-state index contributed by atoms with van der Waals surface area (Å²) in [6.07, 6.45) is 1.15. The van der Waals surface area contributed by atoms with Gasteiger partial charge in [0.05, 0.1) is 24.1 Å². The molecule has 0 radical (unpaired) electrons. The van der Waals surface area contributed by atoms with E-state index in [0.717, 1.165) is 19.5 Å². The van der Waals surface area contributed by atoms with E-state index in [1.165, 1.54) is 4.57 Å². The van der Waals surface area contributed by atoms with Gasteiger partial charge in [-0.1, -0.05) is 13.8 Å². The molecule has 1 aromatic carbocycles. The molecule has 1 N–H and O–H groups in total. The molecule has 1 aromatic heterocycles. The molecule has 7 heteroatoms. The molecule has 3 rings (SSSR count). The Bertz CT molecular complexity index is 924. The van der Waals surface area contributed by atoms with Crippen LogP contribution in [0.1, 0.15) is 30.6 Å². The summed E-state index contributed by atoms with van der Waals surface area (Å²) < 4.78 is 6.85. The molecule has 0 saturated carbocycles. The third-order valence-electron chi connectivity index (χ3n) is 4.90. The van der Waals surface area contributed by atoms with Gasteiger partial charge in [0.1, 0.15) is 0 Å². The maximum atomic E-state index is 12.9. The minimum atomic E-state index is -0.167. The monoisotopic (exact) mass is 375 g/mol. The van der Waals surface area contributed by atoms with E-state index < -0.39 is 0 Å². The summed E-state index contributed by atoms with van der Waals surface area (Å²) in [5.74, 6) is 1.01. The van der Waals surface area contributed by atoms with Crippen molar-refractivity contribution in [3.05, 3.63) is 38.9 Å². The van der Waals surface area contributed by atoms with Crippen LogP contribution >= 0.6 is 12.2 Å². The largest absolute Gasteiger partial charge is 0.383 e. The van der Waals surface area contributed by atoms with Crippen molar-refractivity contribution in [1.29, 1.82) is 0 Å². The number of carbonyl (C=O) groups is 1. The summed E-state index contributed by atoms with van der Waals surface area (Å²) in [5.41, 5.74) is 1.01. The quantitative estimate of drug-likeness (QED) is 0.835. The fourth-order valence-corrected chi connectivity index (χ4v) is 4.07. The van der Waals surface area contributed by atoms with Crippen LogP contribution in [0.15, 0.2) is 23.0 Å². The van der Waals surface area contributed by atoms with E-state index in [1.54, 1.807) is 25.3 Å². The highest BCUT2D eigenvalue weighted by Crippen LogP contribution is 2.23. The number of likely N-dealkylation sites (tertiary alicyclic amines) is 1. The van der Waals surface area contributed by atoms with Crippen LogP contribution in [0.5, 0.6) is 0 Å². The number of ether oxygens (including phenoxy) is 1. The molecule has 1 aliphatic heterocycles. The Morgan fingerprint density at radius 1 is 1.31 bits per heavy atom. The smallest absolute Gasteiger partial charge is 0.262 e. The predicted molar refractivity (Wildman–Crippen MR) is 104 cm³/mol. The standard InChI is InChI=1S/C19H25N3O3S/c1-12-8-13(2)11-21(10-12)17(23)14-4-5-15-16(9-14)20-19(26)22(18(15)24)6-7-25-3/h4-5,9,12-13H,6-8,10-11H2,1-3H3,(H,20,26)/t12-,13-/m0/s1. The Morgan fingerprint density at radius 2 is 2.00 bits per heavy atom. The van der Waals surface area contributed by atoms with E-state index in [0.29, 0.717) is 46.2 Å². The Labute approximate surface area is 157 Å². The van der Waals surface area contributed by atoms with Gasteiger partial charge in [-0.3, -0.25) is 14.2 Å². The van der Waals surface area contributed by atoms with Crippen molar-refractivity contribution < 1.29 is 9.53 Å². The number of H-pyrrole nitrogens is 1. The highest BCUT2D eigenvalue weighted by molar-refractivity contribution is 7.71. The zero-order valence-electron chi connectivity index (χ0n) is 15.4. The zero-order chi connectivity index (χ0) is 18.8. The van der Waals surface area contributed by atoms with E-state index in [4.69, 9.17) is 17.0 Å². The molecule has 26 heavy (non-hydrogen) atoms. The second-order valence-corrected chi connectivity index (χ2v) is 7.68. The van der Waals surface area contributed by atoms with Crippen LogP contribution in [0.25, 0.3) is 10.9 Å². The van der Waals surface area contributed by atoms with Crippen molar-refractivity contribution in [1.82, 2.24) is 14.5 Å². The van der Waals surface area contributed by atoms with Gasteiger partial charge in [0.15, 0.2) is 4.77 Å². The lowest BCUT2D eigenvalue weighted by Gasteiger charge is -2.35. The number of benzene rings is 1. The SMILES string of the molecule is COCCn1c(=S)[nH]c2cc(C(=O)N3C[C@@H](C)C[C@H](C)C3)ccc2c1=O. The van der Waals surface area contributed by atoms with E-state index in [2.05, 4.69) is 18.8 Å². The lowest BCUT2D eigenvalue weighted by molar-refractivity contribution is 0.0623. The molecule has 2 aromatic rings. The van der Waals surface area contributed by atoms with Crippen LogP contribution in [0.4, 0.5) is 0 Å². The molecular weight excluding hydrogens is 350 g/mol. The molecule has 1 amide bonds. The molecule has 0 spiro atoms. The first-order valence-corrected chi connectivity index (χ1v) is 9.36. The average molecular weight is 375 g/mol. The number of nitrogens with zero attached hydrogens (tertiary/aromatic N) is 2. The molecule has 2 heterocycles. The number of amides is 1. The lowest BCUT2D eigenvalue weighted by atomic mass is 9.91. The molecule has 0 bridgehead atoms. The fourth-order valence-electron chi connectivity index (χ4n) is 3.78. The van der Waals surface area contributed by atoms with Crippen LogP contribution in [0.2, 0.25) is 0 Å². The van der Waals surface area contributed by atoms with Crippen LogP contribution in [0, 0.1) is 16.6 Å². The second kappa shape index (κ2) is 7.72. The molecule has 2 atom stereocenters. The van der Waals surface area contributed by atoms with Crippen LogP contribution in [-0.4, -0.2) is 47.2 Å². The first-order chi connectivity index (χ1) is 12.4. The summed E-state index contributed by atoms with van der Waals surface area (Å²) in [4.78, 5) is 30.5. The van der Waals surface area contributed by atoms with E-state index in [-0.39, 0.29) is 11.5 Å². The molecular formula is C19H25N3O3S. The number of aromatic nitrogens is 2. The highest BCUT2D eigenvalue weighted by Gasteiger charge is 2.26. The van der Waals surface area contributed by atoms with E-state index >= 15 is 0 Å². The number of hydrogen-bond acceptors (Lipinski definition) is 4. The molecule has 1 fully saturated rings. The molecule has 140 valence electrons. The Hall–Kier alpha value is -1.99. The Kier molecular flexibility index (Phi) is 5.58. The number of hydrogen-bond donors (Lipinski definition) is 1. The van der Waals surface area contributed by atoms with E-state index in [9.17, 15) is 9.59 Å². The normalized spacial score (nSPS) is 20.5. The number of methoxy groups -OCH3 is 1. The summed E-state index contributed by atoms with van der Waals surface area (Å²) in [6.45, 7) is 6.70. The minimum Gasteiger partial charge on any atom is -0.383 e. The Morgan fingerprint density at radius 3 is 2.65 bits per heavy atom. The fraction of sp³-hybridized carbons (Fsp3) is 0.526. The number of rotatable bonds is 4. The van der Waals surface area contributed by atoms with Gasteiger partial charge in [0.2, 0.25) is 0 Å². The Balaban J connectivity index is 1.95.